The van der Waals surface area contributed by atoms with Crippen molar-refractivity contribution in [3.8, 4) is 0 Å². The van der Waals surface area contributed by atoms with Crippen LogP contribution in [-0.2, 0) is 6.54 Å². The van der Waals surface area contributed by atoms with Crippen molar-refractivity contribution in [2.75, 3.05) is 11.6 Å². The molecule has 0 radical (unpaired) electrons. The summed E-state index contributed by atoms with van der Waals surface area (Å²) >= 11 is 5.26. The maximum Gasteiger partial charge on any atom is 0.150 e. The standard InChI is InChI=1S/C14H14N2S3/c1-9-5-6-18-13(9)8-15-10-3-4-11-12(7-10)19-14(16-11)17-2/h3-7,15H,8H2,1-2H3. The van der Waals surface area contributed by atoms with Crippen LogP contribution in [0.1, 0.15) is 10.4 Å². The molecular weight excluding hydrogens is 292 g/mol. The van der Waals surface area contributed by atoms with Crippen LogP contribution in [-0.4, -0.2) is 11.2 Å². The van der Waals surface area contributed by atoms with Crippen LogP contribution in [0.25, 0.3) is 10.2 Å². The predicted octanol–water partition coefficient (Wildman–Crippen LogP) is 5.00. The Labute approximate surface area is 124 Å². The van der Waals surface area contributed by atoms with Crippen molar-refractivity contribution >= 4 is 50.3 Å². The van der Waals surface area contributed by atoms with E-state index in [1.54, 1.807) is 34.4 Å². The van der Waals surface area contributed by atoms with Gasteiger partial charge in [0.05, 0.1) is 10.2 Å². The lowest BCUT2D eigenvalue weighted by molar-refractivity contribution is 1.17. The molecule has 1 N–H and O–H groups in total. The second-order valence-corrected chi connectivity index (χ2v) is 7.33. The molecule has 0 saturated heterocycles. The molecule has 0 atom stereocenters. The summed E-state index contributed by atoms with van der Waals surface area (Å²) in [6.07, 6.45) is 2.07. The van der Waals surface area contributed by atoms with Crippen molar-refractivity contribution in [1.29, 1.82) is 0 Å². The van der Waals surface area contributed by atoms with Crippen LogP contribution >= 0.6 is 34.4 Å². The number of benzene rings is 1. The Morgan fingerprint density at radius 1 is 1.32 bits per heavy atom. The van der Waals surface area contributed by atoms with Crippen LogP contribution in [0.15, 0.2) is 34.0 Å². The molecule has 5 heteroatoms. The zero-order chi connectivity index (χ0) is 13.2. The van der Waals surface area contributed by atoms with Crippen molar-refractivity contribution in [3.63, 3.8) is 0 Å². The normalized spacial score (nSPS) is 11.1. The molecule has 0 saturated carbocycles. The largest absolute Gasteiger partial charge is 0.380 e. The van der Waals surface area contributed by atoms with Gasteiger partial charge in [0.15, 0.2) is 4.34 Å². The Bertz CT molecular complexity index is 700. The van der Waals surface area contributed by atoms with Gasteiger partial charge in [-0.3, -0.25) is 0 Å². The van der Waals surface area contributed by atoms with E-state index in [0.717, 1.165) is 22.1 Å². The maximum absolute atomic E-state index is 4.55. The van der Waals surface area contributed by atoms with E-state index in [4.69, 9.17) is 0 Å². The number of rotatable bonds is 4. The maximum atomic E-state index is 4.55. The Hall–Kier alpha value is -1.04. The minimum absolute atomic E-state index is 0.892. The molecule has 2 nitrogen and oxygen atoms in total. The summed E-state index contributed by atoms with van der Waals surface area (Å²) in [5, 5.41) is 5.63. The summed E-state index contributed by atoms with van der Waals surface area (Å²) in [5.41, 5.74) is 3.62. The summed E-state index contributed by atoms with van der Waals surface area (Å²) in [4.78, 5) is 5.95. The van der Waals surface area contributed by atoms with Crippen LogP contribution in [0.4, 0.5) is 5.69 Å². The van der Waals surface area contributed by atoms with Gasteiger partial charge < -0.3 is 5.32 Å². The van der Waals surface area contributed by atoms with E-state index in [1.807, 2.05) is 0 Å². The fourth-order valence-corrected chi connectivity index (χ4v) is 4.24. The van der Waals surface area contributed by atoms with Gasteiger partial charge in [0.25, 0.3) is 0 Å². The first kappa shape index (κ1) is 13.0. The van der Waals surface area contributed by atoms with E-state index in [0.29, 0.717) is 0 Å². The number of nitrogens with one attached hydrogen (secondary N) is 1. The summed E-state index contributed by atoms with van der Waals surface area (Å²) in [5.74, 6) is 0. The molecule has 0 fully saturated rings. The molecule has 0 aliphatic rings. The summed E-state index contributed by atoms with van der Waals surface area (Å²) in [6, 6.07) is 8.55. The molecule has 2 aromatic heterocycles. The van der Waals surface area contributed by atoms with E-state index in [1.165, 1.54) is 15.1 Å². The number of hydrogen-bond acceptors (Lipinski definition) is 5. The molecule has 19 heavy (non-hydrogen) atoms. The number of aromatic nitrogens is 1. The molecular formula is C14H14N2S3. The van der Waals surface area contributed by atoms with Crippen LogP contribution in [0.5, 0.6) is 0 Å². The molecule has 0 spiro atoms. The molecule has 0 unspecified atom stereocenters. The van der Waals surface area contributed by atoms with Crippen molar-refractivity contribution in [3.05, 3.63) is 40.1 Å². The smallest absolute Gasteiger partial charge is 0.150 e. The van der Waals surface area contributed by atoms with Crippen LogP contribution < -0.4 is 5.32 Å². The van der Waals surface area contributed by atoms with E-state index in [9.17, 15) is 0 Å². The fraction of sp³-hybridized carbons (Fsp3) is 0.214. The first-order chi connectivity index (χ1) is 9.26. The van der Waals surface area contributed by atoms with Gasteiger partial charge in [0.1, 0.15) is 0 Å². The van der Waals surface area contributed by atoms with Crippen LogP contribution in [0.3, 0.4) is 0 Å². The van der Waals surface area contributed by atoms with Crippen molar-refractivity contribution < 1.29 is 0 Å². The van der Waals surface area contributed by atoms with Gasteiger partial charge in [0.2, 0.25) is 0 Å². The quantitative estimate of drug-likeness (QED) is 0.687. The average Bonchev–Trinajstić information content (AvgIpc) is 3.01. The SMILES string of the molecule is CSc1nc2ccc(NCc3sccc3C)cc2s1. The lowest BCUT2D eigenvalue weighted by Gasteiger charge is -2.05. The molecule has 0 amide bonds. The molecule has 0 aliphatic carbocycles. The van der Waals surface area contributed by atoms with Crippen LogP contribution in [0, 0.1) is 6.92 Å². The van der Waals surface area contributed by atoms with Gasteiger partial charge in [-0.15, -0.1) is 22.7 Å². The Morgan fingerprint density at radius 2 is 2.21 bits per heavy atom. The highest BCUT2D eigenvalue weighted by Gasteiger charge is 2.04. The third-order valence-electron chi connectivity index (χ3n) is 2.96. The number of anilines is 1. The van der Waals surface area contributed by atoms with Gasteiger partial charge in [0, 0.05) is 17.1 Å². The summed E-state index contributed by atoms with van der Waals surface area (Å²) in [7, 11) is 0. The number of fused-ring (bicyclic) bond motifs is 1. The fourth-order valence-electron chi connectivity index (χ4n) is 1.87. The third kappa shape index (κ3) is 2.78. The molecule has 2 heterocycles. The van der Waals surface area contributed by atoms with Gasteiger partial charge >= 0.3 is 0 Å². The van der Waals surface area contributed by atoms with Gasteiger partial charge in [-0.1, -0.05) is 11.8 Å². The van der Waals surface area contributed by atoms with Crippen molar-refractivity contribution in [2.45, 2.75) is 17.8 Å². The van der Waals surface area contributed by atoms with Crippen molar-refractivity contribution in [2.24, 2.45) is 0 Å². The molecule has 3 rings (SSSR count). The minimum Gasteiger partial charge on any atom is -0.380 e. The number of aryl methyl sites for hydroxylation is 1. The second kappa shape index (κ2) is 5.53. The topological polar surface area (TPSA) is 24.9 Å². The Morgan fingerprint density at radius 3 is 2.95 bits per heavy atom. The Balaban J connectivity index is 1.79. The highest BCUT2D eigenvalue weighted by atomic mass is 32.2. The van der Waals surface area contributed by atoms with Crippen LogP contribution in [0.2, 0.25) is 0 Å². The number of thiophene rings is 1. The van der Waals surface area contributed by atoms with E-state index < -0.39 is 0 Å². The van der Waals surface area contributed by atoms with E-state index >= 15 is 0 Å². The highest BCUT2D eigenvalue weighted by molar-refractivity contribution is 8.00. The minimum atomic E-state index is 0.892. The molecule has 98 valence electrons. The van der Waals surface area contributed by atoms with Gasteiger partial charge in [-0.05, 0) is 48.4 Å². The first-order valence-electron chi connectivity index (χ1n) is 5.97. The Kier molecular flexibility index (Phi) is 3.77. The van der Waals surface area contributed by atoms with E-state index in [-0.39, 0.29) is 0 Å². The molecule has 1 aromatic carbocycles. The summed E-state index contributed by atoms with van der Waals surface area (Å²) in [6.45, 7) is 3.05. The third-order valence-corrected chi connectivity index (χ3v) is 5.99. The number of nitrogens with zero attached hydrogens (tertiary/aromatic N) is 1. The first-order valence-corrected chi connectivity index (χ1v) is 8.90. The lowest BCUT2D eigenvalue weighted by atomic mass is 10.2. The zero-order valence-electron chi connectivity index (χ0n) is 10.8. The highest BCUT2D eigenvalue weighted by Crippen LogP contribution is 2.30. The number of thiazole rings is 1. The predicted molar refractivity (Wildman–Crippen MR) is 87.8 cm³/mol. The second-order valence-electron chi connectivity index (χ2n) is 4.25. The monoisotopic (exact) mass is 306 g/mol. The summed E-state index contributed by atoms with van der Waals surface area (Å²) < 4.78 is 2.37. The van der Waals surface area contributed by atoms with Gasteiger partial charge in [-0.25, -0.2) is 4.98 Å². The average molecular weight is 306 g/mol. The zero-order valence-corrected chi connectivity index (χ0v) is 13.2. The number of thioether (sulfide) groups is 1. The molecule has 0 aliphatic heterocycles. The molecule has 0 bridgehead atoms. The number of hydrogen-bond donors (Lipinski definition) is 1. The molecule has 3 aromatic rings. The van der Waals surface area contributed by atoms with Crippen molar-refractivity contribution in [1.82, 2.24) is 4.98 Å². The van der Waals surface area contributed by atoms with Gasteiger partial charge in [-0.2, -0.15) is 0 Å². The lowest BCUT2D eigenvalue weighted by Crippen LogP contribution is -1.98. The van der Waals surface area contributed by atoms with E-state index in [2.05, 4.69) is 53.1 Å².